The fourth-order valence-electron chi connectivity index (χ4n) is 2.32. The number of anilines is 1. The van der Waals surface area contributed by atoms with Crippen molar-refractivity contribution in [1.82, 2.24) is 5.32 Å². The molecule has 1 unspecified atom stereocenters. The van der Waals surface area contributed by atoms with Crippen LogP contribution in [0.25, 0.3) is 0 Å². The van der Waals surface area contributed by atoms with Gasteiger partial charge in [-0.1, -0.05) is 6.07 Å². The summed E-state index contributed by atoms with van der Waals surface area (Å²) >= 11 is 0. The number of benzene rings is 1. The third-order valence-electron chi connectivity index (χ3n) is 3.33. The number of nitrogen functional groups attached to an aromatic ring is 1. The first-order chi connectivity index (χ1) is 9.43. The number of methoxy groups -OCH3 is 1. The maximum atomic E-state index is 12.2. The summed E-state index contributed by atoms with van der Waals surface area (Å²) in [5, 5.41) is 2.73. The van der Waals surface area contributed by atoms with Gasteiger partial charge in [0.1, 0.15) is 5.75 Å². The van der Waals surface area contributed by atoms with Crippen LogP contribution in [0, 0.1) is 0 Å². The molecule has 0 aromatic heterocycles. The summed E-state index contributed by atoms with van der Waals surface area (Å²) in [5.74, 6) is 0.237. The Balaban J connectivity index is 2.13. The van der Waals surface area contributed by atoms with Gasteiger partial charge in [-0.25, -0.2) is 8.42 Å². The molecular formula is C13H18N2O4S. The van der Waals surface area contributed by atoms with Crippen LogP contribution in [0.4, 0.5) is 5.69 Å². The molecule has 0 spiro atoms. The number of rotatable bonds is 3. The minimum Gasteiger partial charge on any atom is -0.495 e. The maximum absolute atomic E-state index is 12.2. The van der Waals surface area contributed by atoms with E-state index in [0.29, 0.717) is 24.2 Å². The van der Waals surface area contributed by atoms with Crippen molar-refractivity contribution in [1.29, 1.82) is 0 Å². The number of nitrogens with two attached hydrogens (primary N) is 1. The van der Waals surface area contributed by atoms with Crippen molar-refractivity contribution in [3.8, 4) is 5.75 Å². The van der Waals surface area contributed by atoms with Gasteiger partial charge < -0.3 is 15.8 Å². The molecule has 0 aliphatic carbocycles. The van der Waals surface area contributed by atoms with Crippen molar-refractivity contribution in [2.75, 3.05) is 24.3 Å². The zero-order valence-electron chi connectivity index (χ0n) is 11.3. The molecule has 7 heteroatoms. The van der Waals surface area contributed by atoms with Crippen LogP contribution in [-0.4, -0.2) is 39.0 Å². The highest BCUT2D eigenvalue weighted by atomic mass is 32.2. The largest absolute Gasteiger partial charge is 0.495 e. The van der Waals surface area contributed by atoms with E-state index in [9.17, 15) is 13.2 Å². The molecule has 1 amide bonds. The predicted octanol–water partition coefficient (Wildman–Crippen LogP) is 0.584. The molecule has 1 aromatic carbocycles. The maximum Gasteiger partial charge on any atom is 0.253 e. The van der Waals surface area contributed by atoms with E-state index in [0.717, 1.165) is 0 Å². The Morgan fingerprint density at radius 2 is 2.20 bits per heavy atom. The zero-order valence-corrected chi connectivity index (χ0v) is 12.1. The van der Waals surface area contributed by atoms with E-state index in [4.69, 9.17) is 10.5 Å². The van der Waals surface area contributed by atoms with Gasteiger partial charge in [-0.2, -0.15) is 0 Å². The van der Waals surface area contributed by atoms with E-state index in [-0.39, 0.29) is 29.1 Å². The van der Waals surface area contributed by atoms with Gasteiger partial charge in [0, 0.05) is 6.04 Å². The summed E-state index contributed by atoms with van der Waals surface area (Å²) in [6.07, 6.45) is 1.23. The molecule has 2 rings (SSSR count). The molecule has 3 N–H and O–H groups in total. The summed E-state index contributed by atoms with van der Waals surface area (Å²) < 4.78 is 28.2. The molecule has 20 heavy (non-hydrogen) atoms. The average molecular weight is 298 g/mol. The van der Waals surface area contributed by atoms with Crippen molar-refractivity contribution >= 4 is 21.4 Å². The highest BCUT2D eigenvalue weighted by Gasteiger charge is 2.26. The minimum absolute atomic E-state index is 0.0113. The normalized spacial score (nSPS) is 21.1. The van der Waals surface area contributed by atoms with Crippen molar-refractivity contribution in [2.45, 2.75) is 18.9 Å². The molecule has 1 heterocycles. The lowest BCUT2D eigenvalue weighted by atomic mass is 10.1. The molecule has 6 nitrogen and oxygen atoms in total. The first-order valence-electron chi connectivity index (χ1n) is 6.37. The second kappa shape index (κ2) is 5.70. The van der Waals surface area contributed by atoms with Crippen LogP contribution < -0.4 is 15.8 Å². The Morgan fingerprint density at radius 1 is 1.45 bits per heavy atom. The molecule has 0 bridgehead atoms. The Labute approximate surface area is 118 Å². The lowest BCUT2D eigenvalue weighted by Gasteiger charge is -2.23. The van der Waals surface area contributed by atoms with E-state index in [1.807, 2.05) is 0 Å². The van der Waals surface area contributed by atoms with Crippen LogP contribution in [-0.2, 0) is 9.84 Å². The smallest absolute Gasteiger partial charge is 0.253 e. The van der Waals surface area contributed by atoms with Crippen LogP contribution in [0.5, 0.6) is 5.75 Å². The number of carbonyl (C=O) groups excluding carboxylic acids is 1. The molecule has 1 aliphatic rings. The van der Waals surface area contributed by atoms with Crippen LogP contribution >= 0.6 is 0 Å². The third-order valence-corrected chi connectivity index (χ3v) is 5.15. The highest BCUT2D eigenvalue weighted by molar-refractivity contribution is 7.91. The second-order valence-corrected chi connectivity index (χ2v) is 7.08. The summed E-state index contributed by atoms with van der Waals surface area (Å²) in [6, 6.07) is 4.57. The molecular weight excluding hydrogens is 280 g/mol. The first kappa shape index (κ1) is 14.6. The SMILES string of the molecule is COc1cccc(C(=O)NC2CCCS(=O)(=O)C2)c1N. The number of nitrogens with one attached hydrogen (secondary N) is 1. The molecule has 110 valence electrons. The quantitative estimate of drug-likeness (QED) is 0.796. The Kier molecular flexibility index (Phi) is 4.17. The summed E-state index contributed by atoms with van der Waals surface area (Å²) in [6.45, 7) is 0. The number of sulfone groups is 1. The number of carbonyl (C=O) groups is 1. The van der Waals surface area contributed by atoms with Crippen molar-refractivity contribution in [3.63, 3.8) is 0 Å². The van der Waals surface area contributed by atoms with Gasteiger partial charge in [0.05, 0.1) is 29.9 Å². The van der Waals surface area contributed by atoms with Gasteiger partial charge in [0.25, 0.3) is 5.91 Å². The second-order valence-electron chi connectivity index (χ2n) is 4.85. The van der Waals surface area contributed by atoms with E-state index < -0.39 is 9.84 Å². The summed E-state index contributed by atoms with van der Waals surface area (Å²) in [7, 11) is -1.58. The Hall–Kier alpha value is -1.76. The van der Waals surface area contributed by atoms with Crippen molar-refractivity contribution in [3.05, 3.63) is 23.8 Å². The molecule has 1 aromatic rings. The van der Waals surface area contributed by atoms with Crippen LogP contribution in [0.15, 0.2) is 18.2 Å². The molecule has 0 radical (unpaired) electrons. The first-order valence-corrected chi connectivity index (χ1v) is 8.19. The van der Waals surface area contributed by atoms with E-state index in [2.05, 4.69) is 5.32 Å². The summed E-state index contributed by atoms with van der Waals surface area (Å²) in [4.78, 5) is 12.2. The topological polar surface area (TPSA) is 98.5 Å². The minimum atomic E-state index is -3.05. The molecule has 1 saturated heterocycles. The van der Waals surface area contributed by atoms with Crippen molar-refractivity contribution in [2.24, 2.45) is 0 Å². The van der Waals surface area contributed by atoms with E-state index >= 15 is 0 Å². The standard InChI is InChI=1S/C13H18N2O4S/c1-19-11-6-2-5-10(12(11)14)13(16)15-9-4-3-7-20(17,18)8-9/h2,5-6,9H,3-4,7-8,14H2,1H3,(H,15,16). The predicted molar refractivity (Wildman–Crippen MR) is 76.5 cm³/mol. The van der Waals surface area contributed by atoms with Gasteiger partial charge in [-0.05, 0) is 25.0 Å². The number of amides is 1. The lowest BCUT2D eigenvalue weighted by Crippen LogP contribution is -2.43. The average Bonchev–Trinajstić information content (AvgIpc) is 2.37. The summed E-state index contributed by atoms with van der Waals surface area (Å²) in [5.41, 5.74) is 6.40. The van der Waals surface area contributed by atoms with Gasteiger partial charge in [0.2, 0.25) is 0 Å². The van der Waals surface area contributed by atoms with Gasteiger partial charge in [-0.15, -0.1) is 0 Å². The zero-order chi connectivity index (χ0) is 14.8. The monoisotopic (exact) mass is 298 g/mol. The third kappa shape index (κ3) is 3.22. The number of para-hydroxylation sites is 1. The van der Waals surface area contributed by atoms with E-state index in [1.165, 1.54) is 7.11 Å². The van der Waals surface area contributed by atoms with Gasteiger partial charge in [0.15, 0.2) is 9.84 Å². The van der Waals surface area contributed by atoms with Crippen molar-refractivity contribution < 1.29 is 17.9 Å². The highest BCUT2D eigenvalue weighted by Crippen LogP contribution is 2.25. The lowest BCUT2D eigenvalue weighted by molar-refractivity contribution is 0.0939. The molecule has 0 saturated carbocycles. The number of ether oxygens (including phenoxy) is 1. The van der Waals surface area contributed by atoms with Crippen LogP contribution in [0.3, 0.4) is 0 Å². The Morgan fingerprint density at radius 3 is 2.85 bits per heavy atom. The molecule has 1 atom stereocenters. The molecule has 1 aliphatic heterocycles. The van der Waals surface area contributed by atoms with Gasteiger partial charge in [-0.3, -0.25) is 4.79 Å². The van der Waals surface area contributed by atoms with E-state index in [1.54, 1.807) is 18.2 Å². The van der Waals surface area contributed by atoms with Crippen LogP contribution in [0.2, 0.25) is 0 Å². The fourth-order valence-corrected chi connectivity index (χ4v) is 3.96. The van der Waals surface area contributed by atoms with Gasteiger partial charge >= 0.3 is 0 Å². The molecule has 1 fully saturated rings. The fraction of sp³-hybridized carbons (Fsp3) is 0.462. The number of hydrogen-bond donors (Lipinski definition) is 2. The van der Waals surface area contributed by atoms with Crippen LogP contribution in [0.1, 0.15) is 23.2 Å². The number of hydrogen-bond acceptors (Lipinski definition) is 5. The Bertz CT molecular complexity index is 613.